The molecule has 0 heterocycles. The van der Waals surface area contributed by atoms with Crippen LogP contribution in [0.1, 0.15) is 19.8 Å². The first-order valence-corrected chi connectivity index (χ1v) is 13.9. The minimum absolute atomic E-state index is 0.183. The van der Waals surface area contributed by atoms with Crippen molar-refractivity contribution in [3.05, 3.63) is 12.2 Å². The smallest absolute Gasteiger partial charge is 0.333 e. The van der Waals surface area contributed by atoms with Gasteiger partial charge in [-0.05, 0) is 59.0 Å². The van der Waals surface area contributed by atoms with Crippen LogP contribution < -0.4 is 0 Å². The van der Waals surface area contributed by atoms with Crippen molar-refractivity contribution in [1.82, 2.24) is 0 Å². The van der Waals surface area contributed by atoms with Crippen LogP contribution in [-0.4, -0.2) is 35.5 Å². The highest BCUT2D eigenvalue weighted by Crippen LogP contribution is 2.18. The molecule has 0 aliphatic carbocycles. The lowest BCUT2D eigenvalue weighted by Gasteiger charge is -2.31. The molecule has 0 atom stereocenters. The standard InChI is InChI=1S/C14H30O4Si2/c1-12(2)14(15)16-11-9-10-13(17-19(3,4)5)18-20(6,7)8/h13H,1,9-11H2,2-8H3. The Kier molecular flexibility index (Phi) is 7.94. The molecule has 0 N–H and O–H groups in total. The molecule has 0 amide bonds. The minimum atomic E-state index is -1.64. The zero-order valence-corrected chi connectivity index (χ0v) is 16.0. The van der Waals surface area contributed by atoms with Crippen molar-refractivity contribution in [3.63, 3.8) is 0 Å². The van der Waals surface area contributed by atoms with Crippen molar-refractivity contribution in [2.75, 3.05) is 6.61 Å². The zero-order chi connectivity index (χ0) is 16.0. The number of hydrogen-bond donors (Lipinski definition) is 0. The fourth-order valence-corrected chi connectivity index (χ4v) is 3.47. The van der Waals surface area contributed by atoms with Crippen LogP contribution >= 0.6 is 0 Å². The van der Waals surface area contributed by atoms with Crippen LogP contribution in [-0.2, 0) is 18.4 Å². The van der Waals surface area contributed by atoms with Gasteiger partial charge in [-0.15, -0.1) is 0 Å². The minimum Gasteiger partial charge on any atom is -0.462 e. The molecule has 0 aromatic heterocycles. The van der Waals surface area contributed by atoms with E-state index in [1.165, 1.54) is 0 Å². The van der Waals surface area contributed by atoms with E-state index < -0.39 is 16.6 Å². The van der Waals surface area contributed by atoms with Gasteiger partial charge in [0.25, 0.3) is 0 Å². The Bertz CT molecular complexity index is 313. The van der Waals surface area contributed by atoms with Crippen LogP contribution in [0.4, 0.5) is 0 Å². The first-order chi connectivity index (χ1) is 8.91. The number of carbonyl (C=O) groups is 1. The normalized spacial score (nSPS) is 12.6. The van der Waals surface area contributed by atoms with Crippen LogP contribution in [0.3, 0.4) is 0 Å². The van der Waals surface area contributed by atoms with Crippen LogP contribution in [0.15, 0.2) is 12.2 Å². The zero-order valence-electron chi connectivity index (χ0n) is 14.0. The molecular weight excluding hydrogens is 288 g/mol. The number of carbonyl (C=O) groups excluding carboxylic acids is 1. The molecule has 0 saturated heterocycles. The molecule has 0 unspecified atom stereocenters. The van der Waals surface area contributed by atoms with Gasteiger partial charge < -0.3 is 13.6 Å². The predicted molar refractivity (Wildman–Crippen MR) is 87.7 cm³/mol. The van der Waals surface area contributed by atoms with Crippen LogP contribution in [0.5, 0.6) is 0 Å². The molecule has 0 aromatic rings. The molecule has 0 bridgehead atoms. The molecule has 6 heteroatoms. The molecule has 0 rings (SSSR count). The van der Waals surface area contributed by atoms with Crippen molar-refractivity contribution in [3.8, 4) is 0 Å². The van der Waals surface area contributed by atoms with Gasteiger partial charge in [0.1, 0.15) is 6.29 Å². The van der Waals surface area contributed by atoms with Gasteiger partial charge in [0, 0.05) is 5.57 Å². The summed E-state index contributed by atoms with van der Waals surface area (Å²) in [4.78, 5) is 11.3. The van der Waals surface area contributed by atoms with Crippen molar-refractivity contribution in [1.29, 1.82) is 0 Å². The van der Waals surface area contributed by atoms with Gasteiger partial charge in [-0.2, -0.15) is 0 Å². The van der Waals surface area contributed by atoms with Gasteiger partial charge in [0.15, 0.2) is 16.6 Å². The molecule has 0 aliphatic heterocycles. The van der Waals surface area contributed by atoms with E-state index in [0.717, 1.165) is 12.8 Å². The summed E-state index contributed by atoms with van der Waals surface area (Å²) >= 11 is 0. The van der Waals surface area contributed by atoms with Gasteiger partial charge in [-0.3, -0.25) is 0 Å². The van der Waals surface area contributed by atoms with Crippen LogP contribution in [0.2, 0.25) is 39.3 Å². The van der Waals surface area contributed by atoms with E-state index in [0.29, 0.717) is 12.2 Å². The molecular formula is C14H30O4Si2. The number of hydrogen-bond acceptors (Lipinski definition) is 4. The number of esters is 1. The van der Waals surface area contributed by atoms with Crippen molar-refractivity contribution >= 4 is 22.6 Å². The molecule has 118 valence electrons. The van der Waals surface area contributed by atoms with E-state index in [9.17, 15) is 4.79 Å². The Hall–Kier alpha value is -0.436. The maximum Gasteiger partial charge on any atom is 0.333 e. The molecule has 0 saturated carbocycles. The highest BCUT2D eigenvalue weighted by molar-refractivity contribution is 6.70. The first-order valence-electron chi connectivity index (χ1n) is 7.09. The summed E-state index contributed by atoms with van der Waals surface area (Å²) in [5.41, 5.74) is 0.429. The predicted octanol–water partition coefficient (Wildman–Crippen LogP) is 3.92. The lowest BCUT2D eigenvalue weighted by molar-refractivity contribution is -0.139. The maximum absolute atomic E-state index is 11.3. The monoisotopic (exact) mass is 318 g/mol. The van der Waals surface area contributed by atoms with Gasteiger partial charge in [-0.25, -0.2) is 4.79 Å². The quantitative estimate of drug-likeness (QED) is 0.212. The largest absolute Gasteiger partial charge is 0.462 e. The summed E-state index contributed by atoms with van der Waals surface area (Å²) in [5.74, 6) is -0.334. The second-order valence-corrected chi connectivity index (χ2v) is 15.9. The van der Waals surface area contributed by atoms with E-state index in [1.54, 1.807) is 6.92 Å². The highest BCUT2D eigenvalue weighted by atomic mass is 28.4. The van der Waals surface area contributed by atoms with E-state index in [4.69, 9.17) is 13.6 Å². The SMILES string of the molecule is C=C(C)C(=O)OCCCC(O[Si](C)(C)C)O[Si](C)(C)C. The number of ether oxygens (including phenoxy) is 1. The Morgan fingerprint density at radius 1 is 1.05 bits per heavy atom. The van der Waals surface area contributed by atoms with Gasteiger partial charge in [0.05, 0.1) is 6.61 Å². The fraction of sp³-hybridized carbons (Fsp3) is 0.786. The topological polar surface area (TPSA) is 44.8 Å². The van der Waals surface area contributed by atoms with E-state index >= 15 is 0 Å². The van der Waals surface area contributed by atoms with Gasteiger partial charge in [0.2, 0.25) is 0 Å². The van der Waals surface area contributed by atoms with E-state index in [1.807, 2.05) is 0 Å². The lowest BCUT2D eigenvalue weighted by Crippen LogP contribution is -2.40. The Morgan fingerprint density at radius 2 is 1.50 bits per heavy atom. The average molecular weight is 319 g/mol. The summed E-state index contributed by atoms with van der Waals surface area (Å²) in [6.45, 7) is 18.5. The molecule has 0 fully saturated rings. The van der Waals surface area contributed by atoms with Crippen molar-refractivity contribution in [2.45, 2.75) is 65.3 Å². The molecule has 0 radical (unpaired) electrons. The fourth-order valence-electron chi connectivity index (χ4n) is 1.47. The third kappa shape index (κ3) is 11.4. The van der Waals surface area contributed by atoms with Crippen molar-refractivity contribution < 1.29 is 18.4 Å². The third-order valence-electron chi connectivity index (χ3n) is 2.14. The van der Waals surface area contributed by atoms with E-state index in [-0.39, 0.29) is 12.3 Å². The third-order valence-corrected chi connectivity index (χ3v) is 4.08. The highest BCUT2D eigenvalue weighted by Gasteiger charge is 2.26. The van der Waals surface area contributed by atoms with Gasteiger partial charge in [-0.1, -0.05) is 6.58 Å². The summed E-state index contributed by atoms with van der Waals surface area (Å²) < 4.78 is 17.2. The Balaban J connectivity index is 4.23. The van der Waals surface area contributed by atoms with Crippen LogP contribution in [0.25, 0.3) is 0 Å². The molecule has 0 aliphatic rings. The lowest BCUT2D eigenvalue weighted by atomic mass is 10.3. The van der Waals surface area contributed by atoms with Gasteiger partial charge >= 0.3 is 5.97 Å². The van der Waals surface area contributed by atoms with Crippen molar-refractivity contribution in [2.24, 2.45) is 0 Å². The Morgan fingerprint density at radius 3 is 1.85 bits per heavy atom. The average Bonchev–Trinajstić information content (AvgIpc) is 2.18. The molecule has 0 aromatic carbocycles. The summed E-state index contributed by atoms with van der Waals surface area (Å²) in [5, 5.41) is 0. The second kappa shape index (κ2) is 8.12. The van der Waals surface area contributed by atoms with Crippen LogP contribution in [0, 0.1) is 0 Å². The molecule has 0 spiro atoms. The molecule has 20 heavy (non-hydrogen) atoms. The number of rotatable bonds is 9. The Labute approximate surface area is 125 Å². The molecule has 4 nitrogen and oxygen atoms in total. The summed E-state index contributed by atoms with van der Waals surface area (Å²) in [7, 11) is -3.29. The van der Waals surface area contributed by atoms with E-state index in [2.05, 4.69) is 45.9 Å². The maximum atomic E-state index is 11.3. The first kappa shape index (κ1) is 19.6. The summed E-state index contributed by atoms with van der Waals surface area (Å²) in [6, 6.07) is 0. The summed E-state index contributed by atoms with van der Waals surface area (Å²) in [6.07, 6.45) is 1.30. The second-order valence-electron chi connectivity index (χ2n) is 6.95.